The molecule has 1 aliphatic rings. The molecule has 0 atom stereocenters. The first-order valence-corrected chi connectivity index (χ1v) is 9.58. The summed E-state index contributed by atoms with van der Waals surface area (Å²) < 4.78 is 37.3. The first-order chi connectivity index (χ1) is 14.1. The van der Waals surface area contributed by atoms with Gasteiger partial charge in [-0.05, 0) is 31.0 Å². The molecule has 166 valence electrons. The predicted octanol–water partition coefficient (Wildman–Crippen LogP) is 3.10. The lowest BCUT2D eigenvalue weighted by Gasteiger charge is -2.15. The molecule has 30 heavy (non-hydrogen) atoms. The zero-order chi connectivity index (χ0) is 20.6. The van der Waals surface area contributed by atoms with Gasteiger partial charge in [0.2, 0.25) is 0 Å². The Bertz CT molecular complexity index is 846. The molecule has 0 fully saturated rings. The maximum Gasteiger partial charge on any atom is 0.387 e. The van der Waals surface area contributed by atoms with Gasteiger partial charge < -0.3 is 24.7 Å². The smallest absolute Gasteiger partial charge is 0.387 e. The lowest BCUT2D eigenvalue weighted by molar-refractivity contribution is -0.0504. The van der Waals surface area contributed by atoms with Crippen LogP contribution in [0.4, 0.5) is 8.78 Å². The molecule has 0 spiro atoms. The summed E-state index contributed by atoms with van der Waals surface area (Å²) in [6.07, 6.45) is 4.40. The number of aryl methyl sites for hydroxylation is 1. The molecule has 0 saturated carbocycles. The number of hydrogen-bond acceptors (Lipinski definition) is 5. The molecule has 2 N–H and O–H groups in total. The van der Waals surface area contributed by atoms with Crippen LogP contribution in [0, 0.1) is 0 Å². The van der Waals surface area contributed by atoms with Gasteiger partial charge in [-0.15, -0.1) is 34.2 Å². The van der Waals surface area contributed by atoms with Crippen molar-refractivity contribution in [3.63, 3.8) is 0 Å². The van der Waals surface area contributed by atoms with Gasteiger partial charge in [0.1, 0.15) is 17.3 Å². The molecule has 1 aliphatic heterocycles. The van der Waals surface area contributed by atoms with Crippen LogP contribution in [-0.2, 0) is 26.1 Å². The Balaban J connectivity index is 0.00000320. The van der Waals surface area contributed by atoms with Crippen molar-refractivity contribution in [2.45, 2.75) is 51.9 Å². The number of aliphatic imine (C=N–C) groups is 1. The third kappa shape index (κ3) is 6.41. The Morgan fingerprint density at radius 1 is 1.20 bits per heavy atom. The number of hydrogen-bond donors (Lipinski definition) is 2. The minimum atomic E-state index is -2.90. The lowest BCUT2D eigenvalue weighted by atomic mass is 10.2. The number of rotatable bonds is 7. The number of methoxy groups -OCH3 is 1. The zero-order valence-electron chi connectivity index (χ0n) is 17.0. The van der Waals surface area contributed by atoms with E-state index in [0.29, 0.717) is 23.8 Å². The van der Waals surface area contributed by atoms with Crippen molar-refractivity contribution in [2.75, 3.05) is 14.2 Å². The van der Waals surface area contributed by atoms with E-state index in [0.717, 1.165) is 37.5 Å². The van der Waals surface area contributed by atoms with Crippen LogP contribution in [0.3, 0.4) is 0 Å². The van der Waals surface area contributed by atoms with E-state index in [4.69, 9.17) is 4.74 Å². The normalized spacial score (nSPS) is 13.8. The van der Waals surface area contributed by atoms with Gasteiger partial charge in [-0.3, -0.25) is 4.99 Å². The van der Waals surface area contributed by atoms with Gasteiger partial charge in [-0.2, -0.15) is 8.78 Å². The van der Waals surface area contributed by atoms with E-state index >= 15 is 0 Å². The zero-order valence-corrected chi connectivity index (χ0v) is 19.4. The second kappa shape index (κ2) is 11.9. The number of alkyl halides is 2. The number of guanidine groups is 1. The summed E-state index contributed by atoms with van der Waals surface area (Å²) in [5.74, 6) is 3.03. The van der Waals surface area contributed by atoms with E-state index in [1.54, 1.807) is 19.2 Å². The van der Waals surface area contributed by atoms with E-state index in [1.807, 2.05) is 0 Å². The third-order valence-corrected chi connectivity index (χ3v) is 4.75. The highest BCUT2D eigenvalue weighted by Crippen LogP contribution is 2.25. The molecule has 0 radical (unpaired) electrons. The summed E-state index contributed by atoms with van der Waals surface area (Å²) in [4.78, 5) is 4.18. The predicted molar refractivity (Wildman–Crippen MR) is 120 cm³/mol. The summed E-state index contributed by atoms with van der Waals surface area (Å²) >= 11 is 0. The van der Waals surface area contributed by atoms with Crippen LogP contribution in [0.25, 0.3) is 0 Å². The Labute approximate surface area is 191 Å². The van der Waals surface area contributed by atoms with Crippen molar-refractivity contribution in [2.24, 2.45) is 4.99 Å². The van der Waals surface area contributed by atoms with Gasteiger partial charge in [0.25, 0.3) is 0 Å². The Morgan fingerprint density at radius 2 is 2.00 bits per heavy atom. The molecule has 11 heteroatoms. The molecule has 1 aromatic carbocycles. The van der Waals surface area contributed by atoms with Gasteiger partial charge in [-0.1, -0.05) is 6.42 Å². The highest BCUT2D eigenvalue weighted by atomic mass is 127. The van der Waals surface area contributed by atoms with E-state index in [2.05, 4.69) is 35.1 Å². The fourth-order valence-electron chi connectivity index (χ4n) is 3.27. The summed E-state index contributed by atoms with van der Waals surface area (Å²) in [7, 11) is 3.16. The van der Waals surface area contributed by atoms with Crippen molar-refractivity contribution in [1.29, 1.82) is 0 Å². The van der Waals surface area contributed by atoms with Gasteiger partial charge in [0, 0.05) is 32.1 Å². The van der Waals surface area contributed by atoms with Crippen molar-refractivity contribution < 1.29 is 18.3 Å². The second-order valence-corrected chi connectivity index (χ2v) is 6.63. The minimum absolute atomic E-state index is 0. The summed E-state index contributed by atoms with van der Waals surface area (Å²) in [6.45, 7) is -1.28. The van der Waals surface area contributed by atoms with E-state index in [1.165, 1.54) is 19.6 Å². The number of benzene rings is 1. The summed E-state index contributed by atoms with van der Waals surface area (Å²) in [5.41, 5.74) is 0.531. The third-order valence-electron chi connectivity index (χ3n) is 4.75. The summed E-state index contributed by atoms with van der Waals surface area (Å²) in [5, 5.41) is 14.9. The highest BCUT2D eigenvalue weighted by molar-refractivity contribution is 14.0. The number of halogens is 3. The Morgan fingerprint density at radius 3 is 2.73 bits per heavy atom. The van der Waals surface area contributed by atoms with E-state index in [-0.39, 0.29) is 36.3 Å². The molecule has 0 bridgehead atoms. The first kappa shape index (κ1) is 24.1. The maximum absolute atomic E-state index is 12.7. The van der Waals surface area contributed by atoms with Crippen molar-refractivity contribution in [3.05, 3.63) is 35.4 Å². The van der Waals surface area contributed by atoms with Gasteiger partial charge in [0.05, 0.1) is 13.7 Å². The van der Waals surface area contributed by atoms with Crippen molar-refractivity contribution in [1.82, 2.24) is 25.4 Å². The monoisotopic (exact) mass is 536 g/mol. The fraction of sp³-hybridized carbons (Fsp3) is 0.526. The minimum Gasteiger partial charge on any atom is -0.497 e. The molecular formula is C19H27F2IN6O2. The quantitative estimate of drug-likeness (QED) is 0.322. The molecule has 8 nitrogen and oxygen atoms in total. The van der Waals surface area contributed by atoms with Crippen LogP contribution in [0.5, 0.6) is 11.5 Å². The topological polar surface area (TPSA) is 85.6 Å². The van der Waals surface area contributed by atoms with Crippen LogP contribution in [0.15, 0.2) is 23.2 Å². The number of aromatic nitrogens is 3. The van der Waals surface area contributed by atoms with Crippen LogP contribution < -0.4 is 20.1 Å². The standard InChI is InChI=1S/C19H26F2N6O2.HI/c1-22-19(24-12-17-26-25-16-6-4-3-5-9-27(16)17)23-11-13-10-14(28-2)7-8-15(13)29-18(20)21;/h7-8,10,18H,3-6,9,11-12H2,1-2H3,(H2,22,23,24);1H. The molecule has 3 rings (SSSR count). The largest absolute Gasteiger partial charge is 0.497 e. The molecule has 0 unspecified atom stereocenters. The average molecular weight is 536 g/mol. The summed E-state index contributed by atoms with van der Waals surface area (Å²) in [6, 6.07) is 4.69. The molecule has 2 aromatic rings. The van der Waals surface area contributed by atoms with Gasteiger partial charge in [0.15, 0.2) is 11.8 Å². The van der Waals surface area contributed by atoms with Crippen LogP contribution in [0.1, 0.15) is 36.5 Å². The highest BCUT2D eigenvalue weighted by Gasteiger charge is 2.15. The lowest BCUT2D eigenvalue weighted by Crippen LogP contribution is -2.37. The molecular weight excluding hydrogens is 509 g/mol. The van der Waals surface area contributed by atoms with Gasteiger partial charge in [-0.25, -0.2) is 0 Å². The van der Waals surface area contributed by atoms with Gasteiger partial charge >= 0.3 is 6.61 Å². The Hall–Kier alpha value is -2.18. The van der Waals surface area contributed by atoms with Crippen LogP contribution in [-0.4, -0.2) is 41.5 Å². The average Bonchev–Trinajstić information content (AvgIpc) is 2.94. The molecule has 0 saturated heterocycles. The number of nitrogens with zero attached hydrogens (tertiary/aromatic N) is 4. The number of ether oxygens (including phenoxy) is 2. The SMILES string of the molecule is CN=C(NCc1cc(OC)ccc1OC(F)F)NCc1nnc2n1CCCCC2.I. The number of nitrogens with one attached hydrogen (secondary N) is 2. The molecule has 2 heterocycles. The maximum atomic E-state index is 12.7. The molecule has 1 aromatic heterocycles. The van der Waals surface area contributed by atoms with Crippen molar-refractivity contribution in [3.8, 4) is 11.5 Å². The van der Waals surface area contributed by atoms with E-state index in [9.17, 15) is 8.78 Å². The molecule has 0 amide bonds. The van der Waals surface area contributed by atoms with E-state index < -0.39 is 6.61 Å². The first-order valence-electron chi connectivity index (χ1n) is 9.58. The second-order valence-electron chi connectivity index (χ2n) is 6.63. The Kier molecular flexibility index (Phi) is 9.53. The fourth-order valence-corrected chi connectivity index (χ4v) is 3.27. The van der Waals surface area contributed by atoms with Crippen molar-refractivity contribution >= 4 is 29.9 Å². The number of fused-ring (bicyclic) bond motifs is 1. The van der Waals surface area contributed by atoms with Crippen LogP contribution >= 0.6 is 24.0 Å². The molecule has 0 aliphatic carbocycles. The van der Waals surface area contributed by atoms with Crippen LogP contribution in [0.2, 0.25) is 0 Å².